The molecule has 150 valence electrons. The number of fused-ring (bicyclic) bond motifs is 1. The number of aryl methyl sites for hydroxylation is 2. The van der Waals surface area contributed by atoms with Crippen molar-refractivity contribution in [2.45, 2.75) is 20.5 Å². The number of thiophene rings is 1. The molecule has 0 fully saturated rings. The van der Waals surface area contributed by atoms with Gasteiger partial charge in [0.2, 0.25) is 0 Å². The van der Waals surface area contributed by atoms with Crippen LogP contribution in [0.15, 0.2) is 23.0 Å². The molecule has 0 spiro atoms. The summed E-state index contributed by atoms with van der Waals surface area (Å²) in [5.74, 6) is -1.61. The number of non-ortho nitro benzene ring substituents is 1. The van der Waals surface area contributed by atoms with Crippen LogP contribution < -0.4 is 5.56 Å². The number of nitro groups is 1. The Labute approximate surface area is 167 Å². The highest BCUT2D eigenvalue weighted by atomic mass is 32.1. The van der Waals surface area contributed by atoms with Crippen molar-refractivity contribution in [1.29, 1.82) is 0 Å². The van der Waals surface area contributed by atoms with Gasteiger partial charge in [0.1, 0.15) is 17.3 Å². The highest BCUT2D eigenvalue weighted by molar-refractivity contribution is 7.18. The van der Waals surface area contributed by atoms with Crippen LogP contribution in [0.2, 0.25) is 0 Å². The van der Waals surface area contributed by atoms with E-state index in [4.69, 9.17) is 4.74 Å². The number of carbonyl (C=O) groups excluding carboxylic acids is 2. The normalized spacial score (nSPS) is 10.7. The highest BCUT2D eigenvalue weighted by Crippen LogP contribution is 2.26. The molecule has 1 N–H and O–H groups in total. The van der Waals surface area contributed by atoms with Crippen LogP contribution in [0.3, 0.4) is 0 Å². The summed E-state index contributed by atoms with van der Waals surface area (Å²) in [6.07, 6.45) is 0. The van der Waals surface area contributed by atoms with Gasteiger partial charge in [0.05, 0.1) is 28.5 Å². The van der Waals surface area contributed by atoms with Crippen molar-refractivity contribution in [2.24, 2.45) is 0 Å². The lowest BCUT2D eigenvalue weighted by atomic mass is 10.1. The molecule has 2 heterocycles. The summed E-state index contributed by atoms with van der Waals surface area (Å²) in [7, 11) is 1.12. The number of methoxy groups -OCH3 is 1. The molecule has 1 aromatic carbocycles. The number of hydrogen-bond acceptors (Lipinski definition) is 9. The van der Waals surface area contributed by atoms with Crippen LogP contribution in [-0.4, -0.2) is 33.9 Å². The quantitative estimate of drug-likeness (QED) is 0.379. The molecule has 0 bridgehead atoms. The maximum absolute atomic E-state index is 12.3. The average molecular weight is 417 g/mol. The molecule has 0 radical (unpaired) electrons. The van der Waals surface area contributed by atoms with Crippen LogP contribution in [0.1, 0.15) is 37.0 Å². The van der Waals surface area contributed by atoms with Crippen molar-refractivity contribution >= 4 is 39.2 Å². The van der Waals surface area contributed by atoms with Crippen LogP contribution >= 0.6 is 11.3 Å². The number of carbonyl (C=O) groups is 2. The Bertz CT molecular complexity index is 1210. The Balaban J connectivity index is 1.86. The van der Waals surface area contributed by atoms with E-state index < -0.39 is 22.5 Å². The van der Waals surface area contributed by atoms with E-state index in [2.05, 4.69) is 14.7 Å². The minimum atomic E-state index is -0.917. The zero-order valence-electron chi connectivity index (χ0n) is 15.6. The fourth-order valence-electron chi connectivity index (χ4n) is 2.65. The molecule has 0 saturated heterocycles. The van der Waals surface area contributed by atoms with Crippen LogP contribution in [0, 0.1) is 24.0 Å². The van der Waals surface area contributed by atoms with Crippen molar-refractivity contribution in [3.8, 4) is 0 Å². The van der Waals surface area contributed by atoms with Crippen molar-refractivity contribution in [3.05, 3.63) is 66.1 Å². The molecule has 0 aliphatic rings. The molecule has 10 nitrogen and oxygen atoms in total. The van der Waals surface area contributed by atoms with Crippen LogP contribution in [0.25, 0.3) is 10.2 Å². The Morgan fingerprint density at radius 1 is 1.21 bits per heavy atom. The first-order chi connectivity index (χ1) is 13.7. The topological polar surface area (TPSA) is 141 Å². The first kappa shape index (κ1) is 20.1. The van der Waals surface area contributed by atoms with Gasteiger partial charge >= 0.3 is 11.9 Å². The number of aromatic amines is 1. The third-order valence-corrected chi connectivity index (χ3v) is 5.31. The molecule has 29 heavy (non-hydrogen) atoms. The van der Waals surface area contributed by atoms with Gasteiger partial charge in [-0.3, -0.25) is 14.9 Å². The lowest BCUT2D eigenvalue weighted by Crippen LogP contribution is -2.14. The van der Waals surface area contributed by atoms with E-state index >= 15 is 0 Å². The minimum absolute atomic E-state index is 0.135. The number of nitrogens with zero attached hydrogens (tertiary/aromatic N) is 2. The minimum Gasteiger partial charge on any atom is -0.465 e. The number of benzene rings is 1. The van der Waals surface area contributed by atoms with E-state index in [1.807, 2.05) is 13.8 Å². The van der Waals surface area contributed by atoms with E-state index in [0.29, 0.717) is 10.2 Å². The number of nitrogens with one attached hydrogen (secondary N) is 1. The standard InChI is InChI=1S/C18H15N3O7S/c1-8-9(2)29-16-14(8)15(22)19-13(20-16)7-28-18(24)11-4-10(17(23)27-3)5-12(6-11)21(25)26/h4-6H,7H2,1-3H3,(H,19,20,22). The summed E-state index contributed by atoms with van der Waals surface area (Å²) >= 11 is 1.35. The van der Waals surface area contributed by atoms with Gasteiger partial charge < -0.3 is 14.5 Å². The Kier molecular flexibility index (Phi) is 5.41. The second-order valence-corrected chi connectivity index (χ2v) is 7.27. The number of nitro benzene ring substituents is 1. The molecular formula is C18H15N3O7S. The first-order valence-electron chi connectivity index (χ1n) is 8.25. The zero-order chi connectivity index (χ0) is 21.3. The number of aromatic nitrogens is 2. The molecule has 0 aliphatic heterocycles. The smallest absolute Gasteiger partial charge is 0.338 e. The Morgan fingerprint density at radius 2 is 1.86 bits per heavy atom. The molecule has 0 atom stereocenters. The molecule has 2 aromatic heterocycles. The summed E-state index contributed by atoms with van der Waals surface area (Å²) in [6.45, 7) is 3.35. The first-order valence-corrected chi connectivity index (χ1v) is 9.06. The fourth-order valence-corrected chi connectivity index (χ4v) is 3.70. The number of hydrogen-bond donors (Lipinski definition) is 1. The molecule has 0 aliphatic carbocycles. The van der Waals surface area contributed by atoms with Gasteiger partial charge in [-0.2, -0.15) is 0 Å². The largest absolute Gasteiger partial charge is 0.465 e. The predicted molar refractivity (Wildman–Crippen MR) is 103 cm³/mol. The van der Waals surface area contributed by atoms with E-state index in [1.165, 1.54) is 11.3 Å². The van der Waals surface area contributed by atoms with Crippen LogP contribution in [0.5, 0.6) is 0 Å². The van der Waals surface area contributed by atoms with Gasteiger partial charge in [0.25, 0.3) is 11.2 Å². The number of ether oxygens (including phenoxy) is 2. The SMILES string of the molecule is COC(=O)c1cc(C(=O)OCc2nc3sc(C)c(C)c3c(=O)[nH]2)cc([N+](=O)[O-])c1. The van der Waals surface area contributed by atoms with Crippen LogP contribution in [0.4, 0.5) is 5.69 Å². The summed E-state index contributed by atoms with van der Waals surface area (Å²) in [5, 5.41) is 11.6. The lowest BCUT2D eigenvalue weighted by molar-refractivity contribution is -0.384. The molecule has 0 saturated carbocycles. The zero-order valence-corrected chi connectivity index (χ0v) is 16.4. The van der Waals surface area contributed by atoms with Crippen molar-refractivity contribution in [2.75, 3.05) is 7.11 Å². The third-order valence-electron chi connectivity index (χ3n) is 4.21. The second-order valence-electron chi connectivity index (χ2n) is 6.07. The maximum Gasteiger partial charge on any atom is 0.338 e. The number of rotatable bonds is 5. The van der Waals surface area contributed by atoms with Gasteiger partial charge in [0, 0.05) is 17.0 Å². The second kappa shape index (κ2) is 7.80. The molecule has 0 amide bonds. The van der Waals surface area contributed by atoms with E-state index in [9.17, 15) is 24.5 Å². The van der Waals surface area contributed by atoms with Gasteiger partial charge in [-0.15, -0.1) is 11.3 Å². The molecule has 0 unspecified atom stereocenters. The number of H-pyrrole nitrogens is 1. The van der Waals surface area contributed by atoms with Crippen molar-refractivity contribution in [1.82, 2.24) is 9.97 Å². The molecule has 3 rings (SSSR count). The molecule has 3 aromatic rings. The average Bonchev–Trinajstić information content (AvgIpc) is 2.99. The fraction of sp³-hybridized carbons (Fsp3) is 0.222. The van der Waals surface area contributed by atoms with Gasteiger partial charge in [-0.05, 0) is 25.5 Å². The van der Waals surface area contributed by atoms with Crippen molar-refractivity contribution < 1.29 is 24.0 Å². The van der Waals surface area contributed by atoms with Gasteiger partial charge in [-0.25, -0.2) is 14.6 Å². The maximum atomic E-state index is 12.3. The van der Waals surface area contributed by atoms with E-state index in [0.717, 1.165) is 35.7 Å². The van der Waals surface area contributed by atoms with E-state index in [-0.39, 0.29) is 29.1 Å². The lowest BCUT2D eigenvalue weighted by Gasteiger charge is -2.06. The molecule has 11 heteroatoms. The number of esters is 2. The monoisotopic (exact) mass is 417 g/mol. The summed E-state index contributed by atoms with van der Waals surface area (Å²) < 4.78 is 9.66. The van der Waals surface area contributed by atoms with Crippen molar-refractivity contribution in [3.63, 3.8) is 0 Å². The van der Waals surface area contributed by atoms with Gasteiger partial charge in [0.15, 0.2) is 0 Å². The highest BCUT2D eigenvalue weighted by Gasteiger charge is 2.20. The molecular weight excluding hydrogens is 402 g/mol. The summed E-state index contributed by atoms with van der Waals surface area (Å²) in [5.41, 5.74) is -0.324. The van der Waals surface area contributed by atoms with Crippen LogP contribution in [-0.2, 0) is 16.1 Å². The van der Waals surface area contributed by atoms with Gasteiger partial charge in [-0.1, -0.05) is 0 Å². The third kappa shape index (κ3) is 3.99. The summed E-state index contributed by atoms with van der Waals surface area (Å²) in [4.78, 5) is 55.0. The predicted octanol–water partition coefficient (Wildman–Crippen LogP) is 2.65. The van der Waals surface area contributed by atoms with E-state index in [1.54, 1.807) is 0 Å². The summed E-state index contributed by atoms with van der Waals surface area (Å²) in [6, 6.07) is 3.11. The Morgan fingerprint density at radius 3 is 2.48 bits per heavy atom. The Hall–Kier alpha value is -3.60.